The Balaban J connectivity index is 1.32. The molecular formula is C26H33N5O3. The predicted octanol–water partition coefficient (Wildman–Crippen LogP) is 4.11. The van der Waals surface area contributed by atoms with Gasteiger partial charge in [-0.05, 0) is 55.9 Å². The molecule has 180 valence electrons. The van der Waals surface area contributed by atoms with Gasteiger partial charge in [0.1, 0.15) is 17.3 Å². The second-order valence-electron chi connectivity index (χ2n) is 8.92. The van der Waals surface area contributed by atoms with Crippen LogP contribution in [0.1, 0.15) is 36.0 Å². The Morgan fingerprint density at radius 1 is 1.03 bits per heavy atom. The van der Waals surface area contributed by atoms with Crippen LogP contribution in [0.2, 0.25) is 0 Å². The maximum atomic E-state index is 12.7. The number of ether oxygens (including phenoxy) is 2. The quantitative estimate of drug-likeness (QED) is 0.520. The monoisotopic (exact) mass is 463 g/mol. The average molecular weight is 464 g/mol. The van der Waals surface area contributed by atoms with Gasteiger partial charge < -0.3 is 25.0 Å². The topological polar surface area (TPSA) is 88.6 Å². The highest BCUT2D eigenvalue weighted by Gasteiger charge is 2.23. The van der Waals surface area contributed by atoms with Gasteiger partial charge in [0.25, 0.3) is 5.91 Å². The lowest BCUT2D eigenvalue weighted by Gasteiger charge is -2.29. The van der Waals surface area contributed by atoms with Gasteiger partial charge in [-0.25, -0.2) is 4.98 Å². The van der Waals surface area contributed by atoms with Crippen molar-refractivity contribution in [3.8, 4) is 11.5 Å². The number of fused-ring (bicyclic) bond motifs is 1. The van der Waals surface area contributed by atoms with Crippen molar-refractivity contribution in [2.24, 2.45) is 5.92 Å². The van der Waals surface area contributed by atoms with Crippen molar-refractivity contribution in [2.75, 3.05) is 45.1 Å². The molecule has 1 heterocycles. The molecule has 1 saturated carbocycles. The second-order valence-corrected chi connectivity index (χ2v) is 8.92. The van der Waals surface area contributed by atoms with Crippen LogP contribution in [0.4, 0.5) is 11.8 Å². The smallest absolute Gasteiger partial charge is 0.255 e. The SMILES string of the molecule is COc1ccc(C(=O)NC[C@H]2CC[C@@H](Nc3nc(N(C)C)c4ccccc4n3)CC2)c(OC)c1. The van der Waals surface area contributed by atoms with Crippen LogP contribution in [0.25, 0.3) is 10.9 Å². The molecule has 0 spiro atoms. The normalized spacial score (nSPS) is 17.8. The molecule has 1 aromatic heterocycles. The molecule has 4 rings (SSSR count). The van der Waals surface area contributed by atoms with Crippen LogP contribution >= 0.6 is 0 Å². The zero-order valence-corrected chi connectivity index (χ0v) is 20.3. The fourth-order valence-corrected chi connectivity index (χ4v) is 4.48. The summed E-state index contributed by atoms with van der Waals surface area (Å²) >= 11 is 0. The number of anilines is 2. The van der Waals surface area contributed by atoms with Crippen molar-refractivity contribution in [2.45, 2.75) is 31.7 Å². The zero-order chi connectivity index (χ0) is 24.1. The minimum Gasteiger partial charge on any atom is -0.497 e. The maximum Gasteiger partial charge on any atom is 0.255 e. The number of aromatic nitrogens is 2. The molecular weight excluding hydrogens is 430 g/mol. The third kappa shape index (κ3) is 5.32. The molecule has 0 radical (unpaired) electrons. The second kappa shape index (κ2) is 10.6. The third-order valence-corrected chi connectivity index (χ3v) is 6.39. The summed E-state index contributed by atoms with van der Waals surface area (Å²) < 4.78 is 10.6. The van der Waals surface area contributed by atoms with Gasteiger partial charge in [0.2, 0.25) is 5.95 Å². The number of hydrogen-bond acceptors (Lipinski definition) is 7. The number of carbonyl (C=O) groups excluding carboxylic acids is 1. The maximum absolute atomic E-state index is 12.7. The average Bonchev–Trinajstić information content (AvgIpc) is 2.87. The van der Waals surface area contributed by atoms with Crippen molar-refractivity contribution in [1.82, 2.24) is 15.3 Å². The van der Waals surface area contributed by atoms with Crippen molar-refractivity contribution in [3.05, 3.63) is 48.0 Å². The number of hydrogen-bond donors (Lipinski definition) is 2. The Hall–Kier alpha value is -3.55. The van der Waals surface area contributed by atoms with E-state index in [-0.39, 0.29) is 5.91 Å². The van der Waals surface area contributed by atoms with Crippen molar-refractivity contribution >= 4 is 28.6 Å². The number of methoxy groups -OCH3 is 2. The van der Waals surface area contributed by atoms with Gasteiger partial charge in [-0.15, -0.1) is 0 Å². The van der Waals surface area contributed by atoms with Crippen LogP contribution in [-0.2, 0) is 0 Å². The summed E-state index contributed by atoms with van der Waals surface area (Å²) in [5.41, 5.74) is 1.46. The number of benzene rings is 2. The first-order valence-electron chi connectivity index (χ1n) is 11.7. The molecule has 0 aliphatic heterocycles. The van der Waals surface area contributed by atoms with E-state index in [4.69, 9.17) is 19.4 Å². The lowest BCUT2D eigenvalue weighted by Crippen LogP contribution is -2.34. The lowest BCUT2D eigenvalue weighted by molar-refractivity contribution is 0.0940. The highest BCUT2D eigenvalue weighted by atomic mass is 16.5. The summed E-state index contributed by atoms with van der Waals surface area (Å²) in [6.07, 6.45) is 4.09. The molecule has 2 aromatic carbocycles. The fourth-order valence-electron chi connectivity index (χ4n) is 4.48. The lowest BCUT2D eigenvalue weighted by atomic mass is 9.86. The summed E-state index contributed by atoms with van der Waals surface area (Å²) in [5.74, 6) is 3.08. The molecule has 0 bridgehead atoms. The number of nitrogens with zero attached hydrogens (tertiary/aromatic N) is 3. The van der Waals surface area contributed by atoms with Gasteiger partial charge in [-0.2, -0.15) is 4.98 Å². The molecule has 3 aromatic rings. The van der Waals surface area contributed by atoms with Gasteiger partial charge in [0.15, 0.2) is 0 Å². The fraction of sp³-hybridized carbons (Fsp3) is 0.423. The molecule has 1 amide bonds. The Labute approximate surface area is 200 Å². The predicted molar refractivity (Wildman–Crippen MR) is 135 cm³/mol. The third-order valence-electron chi connectivity index (χ3n) is 6.39. The van der Waals surface area contributed by atoms with E-state index in [0.717, 1.165) is 42.4 Å². The van der Waals surface area contributed by atoms with Crippen molar-refractivity contribution in [3.63, 3.8) is 0 Å². The van der Waals surface area contributed by atoms with E-state index in [0.29, 0.717) is 41.5 Å². The van der Waals surface area contributed by atoms with Crippen LogP contribution < -0.4 is 25.0 Å². The highest BCUT2D eigenvalue weighted by Crippen LogP contribution is 2.29. The van der Waals surface area contributed by atoms with Crippen LogP contribution in [0.15, 0.2) is 42.5 Å². The minimum absolute atomic E-state index is 0.125. The first-order chi connectivity index (χ1) is 16.5. The van der Waals surface area contributed by atoms with Gasteiger partial charge in [-0.3, -0.25) is 4.79 Å². The molecule has 1 aliphatic carbocycles. The number of carbonyl (C=O) groups is 1. The van der Waals surface area contributed by atoms with Gasteiger partial charge in [0, 0.05) is 38.1 Å². The first kappa shape index (κ1) is 23.6. The molecule has 8 nitrogen and oxygen atoms in total. The first-order valence-corrected chi connectivity index (χ1v) is 11.7. The summed E-state index contributed by atoms with van der Waals surface area (Å²) in [4.78, 5) is 24.2. The number of amides is 1. The molecule has 1 aliphatic rings. The summed E-state index contributed by atoms with van der Waals surface area (Å²) in [7, 11) is 7.15. The van der Waals surface area contributed by atoms with E-state index < -0.39 is 0 Å². The van der Waals surface area contributed by atoms with Crippen LogP contribution in [0.3, 0.4) is 0 Å². The van der Waals surface area contributed by atoms with Crippen LogP contribution in [0, 0.1) is 5.92 Å². The zero-order valence-electron chi connectivity index (χ0n) is 20.3. The van der Waals surface area contributed by atoms with E-state index in [1.54, 1.807) is 32.4 Å². The summed E-state index contributed by atoms with van der Waals surface area (Å²) in [6, 6.07) is 13.6. The number of nitrogens with one attached hydrogen (secondary N) is 2. The standard InChI is InChI=1S/C26H33N5O3/c1-31(2)24-20-7-5-6-8-22(20)29-26(30-24)28-18-11-9-17(10-12-18)16-27-25(32)21-14-13-19(33-3)15-23(21)34-4/h5-8,13-15,17-18H,9-12,16H2,1-4H3,(H,27,32)(H,28,29,30)/t17-,18+. The number of rotatable bonds is 8. The molecule has 8 heteroatoms. The summed E-state index contributed by atoms with van der Waals surface area (Å²) in [5, 5.41) is 7.66. The molecule has 0 atom stereocenters. The van der Waals surface area contributed by atoms with E-state index in [9.17, 15) is 4.79 Å². The van der Waals surface area contributed by atoms with Crippen molar-refractivity contribution in [1.29, 1.82) is 0 Å². The van der Waals surface area contributed by atoms with E-state index in [1.807, 2.05) is 37.2 Å². The van der Waals surface area contributed by atoms with E-state index >= 15 is 0 Å². The largest absolute Gasteiger partial charge is 0.497 e. The van der Waals surface area contributed by atoms with E-state index in [1.165, 1.54) is 0 Å². The molecule has 0 saturated heterocycles. The highest BCUT2D eigenvalue weighted by molar-refractivity contribution is 5.97. The Morgan fingerprint density at radius 2 is 1.79 bits per heavy atom. The number of para-hydroxylation sites is 1. The Morgan fingerprint density at radius 3 is 2.50 bits per heavy atom. The molecule has 34 heavy (non-hydrogen) atoms. The Kier molecular flexibility index (Phi) is 7.35. The minimum atomic E-state index is -0.125. The molecule has 0 unspecified atom stereocenters. The van der Waals surface area contributed by atoms with Gasteiger partial charge in [-0.1, -0.05) is 12.1 Å². The van der Waals surface area contributed by atoms with Crippen molar-refractivity contribution < 1.29 is 14.3 Å². The Bertz CT molecular complexity index is 1140. The van der Waals surface area contributed by atoms with Gasteiger partial charge in [0.05, 0.1) is 25.3 Å². The molecule has 2 N–H and O–H groups in total. The molecule has 1 fully saturated rings. The van der Waals surface area contributed by atoms with Gasteiger partial charge >= 0.3 is 0 Å². The summed E-state index contributed by atoms with van der Waals surface area (Å²) in [6.45, 7) is 0.651. The van der Waals surface area contributed by atoms with Crippen LogP contribution in [-0.4, -0.2) is 56.8 Å². The van der Waals surface area contributed by atoms with E-state index in [2.05, 4.69) is 16.7 Å². The van der Waals surface area contributed by atoms with Crippen LogP contribution in [0.5, 0.6) is 11.5 Å².